The molecule has 0 spiro atoms. The number of carbonyl (C=O) groups excluding carboxylic acids is 1. The number of rotatable bonds is 2. The quantitative estimate of drug-likeness (QED) is 0.576. The lowest BCUT2D eigenvalue weighted by Crippen LogP contribution is -2.01. The number of ether oxygens (including phenoxy) is 1. The smallest absolute Gasteiger partial charge is 0.337 e. The van der Waals surface area contributed by atoms with Crippen LogP contribution in [0.25, 0.3) is 16.8 Å². The number of benzene rings is 1. The summed E-state index contributed by atoms with van der Waals surface area (Å²) in [7, 11) is 1.31. The summed E-state index contributed by atoms with van der Waals surface area (Å²) in [5.74, 6) is -1.51. The van der Waals surface area contributed by atoms with E-state index in [1.165, 1.54) is 7.11 Å². The van der Waals surface area contributed by atoms with Gasteiger partial charge >= 0.3 is 11.9 Å². The number of carboxylic acids is 1. The van der Waals surface area contributed by atoms with Gasteiger partial charge in [-0.15, -0.1) is 0 Å². The number of nitrogens with zero attached hydrogens (tertiary/aromatic N) is 1. The van der Waals surface area contributed by atoms with Crippen LogP contribution in [0, 0.1) is 0 Å². The van der Waals surface area contributed by atoms with Crippen molar-refractivity contribution in [3.63, 3.8) is 0 Å². The van der Waals surface area contributed by atoms with Crippen LogP contribution in [0.15, 0.2) is 42.6 Å². The van der Waals surface area contributed by atoms with Crippen LogP contribution in [-0.4, -0.2) is 29.1 Å². The zero-order chi connectivity index (χ0) is 15.0. The van der Waals surface area contributed by atoms with Crippen LogP contribution in [-0.2, 0) is 9.53 Å². The number of fused-ring (bicyclic) bond motifs is 3. The maximum absolute atomic E-state index is 11.6. The average molecular weight is 281 g/mol. The van der Waals surface area contributed by atoms with E-state index in [1.54, 1.807) is 30.5 Å². The number of carboxylic acid groups (broad SMARTS) is 1. The summed E-state index contributed by atoms with van der Waals surface area (Å²) < 4.78 is 4.70. The first-order chi connectivity index (χ1) is 10.1. The van der Waals surface area contributed by atoms with Gasteiger partial charge in [-0.25, -0.2) is 9.59 Å². The number of esters is 1. The summed E-state index contributed by atoms with van der Waals surface area (Å²) in [5, 5.41) is 9.06. The molecule has 0 saturated heterocycles. The lowest BCUT2D eigenvalue weighted by Gasteiger charge is -2.04. The van der Waals surface area contributed by atoms with E-state index in [4.69, 9.17) is 9.84 Å². The molecule has 3 rings (SSSR count). The highest BCUT2D eigenvalue weighted by atomic mass is 16.5. The van der Waals surface area contributed by atoms with E-state index < -0.39 is 11.9 Å². The van der Waals surface area contributed by atoms with Crippen LogP contribution in [0.2, 0.25) is 0 Å². The molecule has 1 aliphatic carbocycles. The fraction of sp³-hybridized carbons (Fsp3) is 0.0625. The Hall–Kier alpha value is -2.95. The van der Waals surface area contributed by atoms with Gasteiger partial charge < -0.3 is 9.84 Å². The molecule has 1 aromatic heterocycles. The minimum atomic E-state index is -1.05. The number of methoxy groups -OCH3 is 1. The van der Waals surface area contributed by atoms with Crippen molar-refractivity contribution in [2.45, 2.75) is 0 Å². The van der Waals surface area contributed by atoms with Crippen LogP contribution < -0.4 is 0 Å². The maximum atomic E-state index is 11.6. The first-order valence-electron chi connectivity index (χ1n) is 6.25. The molecule has 1 aromatic carbocycles. The van der Waals surface area contributed by atoms with Crippen LogP contribution in [0.4, 0.5) is 0 Å². The molecule has 104 valence electrons. The molecule has 1 N–H and O–H groups in total. The highest BCUT2D eigenvalue weighted by Crippen LogP contribution is 2.43. The van der Waals surface area contributed by atoms with E-state index >= 15 is 0 Å². The largest absolute Gasteiger partial charge is 0.478 e. The summed E-state index contributed by atoms with van der Waals surface area (Å²) in [4.78, 5) is 27.0. The van der Waals surface area contributed by atoms with Gasteiger partial charge in [-0.2, -0.15) is 0 Å². The van der Waals surface area contributed by atoms with Gasteiger partial charge in [0.2, 0.25) is 0 Å². The third kappa shape index (κ3) is 2.08. The van der Waals surface area contributed by atoms with Crippen molar-refractivity contribution in [3.05, 3.63) is 59.3 Å². The minimum Gasteiger partial charge on any atom is -0.478 e. The first-order valence-corrected chi connectivity index (χ1v) is 6.25. The lowest BCUT2D eigenvalue weighted by molar-refractivity contribution is -0.131. The molecular formula is C16H11NO4. The van der Waals surface area contributed by atoms with Crippen molar-refractivity contribution in [2.75, 3.05) is 7.11 Å². The summed E-state index contributed by atoms with van der Waals surface area (Å²) >= 11 is 0. The number of hydrogen-bond acceptors (Lipinski definition) is 4. The number of hydrogen-bond donors (Lipinski definition) is 1. The van der Waals surface area contributed by atoms with Gasteiger partial charge in [-0.3, -0.25) is 4.98 Å². The molecule has 0 bridgehead atoms. The predicted molar refractivity (Wildman–Crippen MR) is 75.7 cm³/mol. The van der Waals surface area contributed by atoms with Crippen molar-refractivity contribution in [1.82, 2.24) is 4.98 Å². The third-order valence-electron chi connectivity index (χ3n) is 3.35. The molecule has 1 heterocycles. The van der Waals surface area contributed by atoms with Gasteiger partial charge in [-0.05, 0) is 29.3 Å². The second kappa shape index (κ2) is 4.86. The number of pyridine rings is 1. The first kappa shape index (κ1) is 13.1. The van der Waals surface area contributed by atoms with Crippen LogP contribution in [0.1, 0.15) is 21.5 Å². The molecule has 21 heavy (non-hydrogen) atoms. The number of aliphatic carboxylic acids is 1. The van der Waals surface area contributed by atoms with E-state index in [0.29, 0.717) is 16.7 Å². The number of carbonyl (C=O) groups is 2. The van der Waals surface area contributed by atoms with Gasteiger partial charge in [0.15, 0.2) is 0 Å². The third-order valence-corrected chi connectivity index (χ3v) is 3.35. The predicted octanol–water partition coefficient (Wildman–Crippen LogP) is 2.36. The topological polar surface area (TPSA) is 76.5 Å². The Kier molecular flexibility index (Phi) is 3.02. The monoisotopic (exact) mass is 281 g/mol. The molecule has 0 fully saturated rings. The molecule has 0 unspecified atom stereocenters. The van der Waals surface area contributed by atoms with Crippen molar-refractivity contribution in [3.8, 4) is 11.3 Å². The second-order valence-corrected chi connectivity index (χ2v) is 4.55. The Labute approximate surface area is 120 Å². The molecular weight excluding hydrogens is 270 g/mol. The Bertz CT molecular complexity index is 793. The van der Waals surface area contributed by atoms with Crippen molar-refractivity contribution in [2.24, 2.45) is 0 Å². The van der Waals surface area contributed by atoms with Crippen molar-refractivity contribution >= 4 is 17.5 Å². The lowest BCUT2D eigenvalue weighted by atomic mass is 10.0. The highest BCUT2D eigenvalue weighted by Gasteiger charge is 2.26. The zero-order valence-corrected chi connectivity index (χ0v) is 11.2. The zero-order valence-electron chi connectivity index (χ0n) is 11.2. The van der Waals surface area contributed by atoms with Crippen LogP contribution >= 0.6 is 0 Å². The molecule has 1 aliphatic rings. The molecule has 5 nitrogen and oxygen atoms in total. The van der Waals surface area contributed by atoms with E-state index in [0.717, 1.165) is 22.9 Å². The Balaban J connectivity index is 2.26. The average Bonchev–Trinajstić information content (AvgIpc) is 2.80. The van der Waals surface area contributed by atoms with E-state index in [9.17, 15) is 9.59 Å². The fourth-order valence-corrected chi connectivity index (χ4v) is 2.48. The van der Waals surface area contributed by atoms with Gasteiger partial charge in [0.05, 0.1) is 18.4 Å². The minimum absolute atomic E-state index is 0.375. The second-order valence-electron chi connectivity index (χ2n) is 4.55. The van der Waals surface area contributed by atoms with E-state index in [1.807, 2.05) is 6.07 Å². The van der Waals surface area contributed by atoms with Gasteiger partial charge in [0.1, 0.15) is 0 Å². The number of aromatic nitrogens is 1. The van der Waals surface area contributed by atoms with Gasteiger partial charge in [0, 0.05) is 23.4 Å². The molecule has 0 amide bonds. The SMILES string of the molecule is COC(=O)c1ccc2c(c1)/C(=C/C(=O)O)c1cccnc1-2. The molecule has 2 aromatic rings. The summed E-state index contributed by atoms with van der Waals surface area (Å²) in [6.45, 7) is 0. The summed E-state index contributed by atoms with van der Waals surface area (Å²) in [5.41, 5.74) is 3.87. The fourth-order valence-electron chi connectivity index (χ4n) is 2.48. The Morgan fingerprint density at radius 2 is 2.00 bits per heavy atom. The molecule has 0 aliphatic heterocycles. The summed E-state index contributed by atoms with van der Waals surface area (Å²) in [6.07, 6.45) is 2.79. The molecule has 0 radical (unpaired) electrons. The maximum Gasteiger partial charge on any atom is 0.337 e. The van der Waals surface area contributed by atoms with Crippen molar-refractivity contribution in [1.29, 1.82) is 0 Å². The van der Waals surface area contributed by atoms with Gasteiger partial charge in [0.25, 0.3) is 0 Å². The van der Waals surface area contributed by atoms with Crippen LogP contribution in [0.3, 0.4) is 0 Å². The molecule has 0 atom stereocenters. The normalized spacial score (nSPS) is 13.7. The standard InChI is InChI=1S/C16H11NO4/c1-21-16(20)9-4-5-11-12(7-9)13(8-14(18)19)10-3-2-6-17-15(10)11/h2-8H,1H3,(H,18,19)/b13-8+. The van der Waals surface area contributed by atoms with E-state index in [2.05, 4.69) is 4.98 Å². The molecule has 0 saturated carbocycles. The van der Waals surface area contributed by atoms with E-state index in [-0.39, 0.29) is 0 Å². The highest BCUT2D eigenvalue weighted by molar-refractivity contribution is 6.06. The molecule has 5 heteroatoms. The van der Waals surface area contributed by atoms with Crippen LogP contribution in [0.5, 0.6) is 0 Å². The van der Waals surface area contributed by atoms with Gasteiger partial charge in [-0.1, -0.05) is 12.1 Å². The Morgan fingerprint density at radius 1 is 1.19 bits per heavy atom. The summed E-state index contributed by atoms with van der Waals surface area (Å²) in [6, 6.07) is 8.61. The van der Waals surface area contributed by atoms with Crippen molar-refractivity contribution < 1.29 is 19.4 Å². The Morgan fingerprint density at radius 3 is 2.71 bits per heavy atom.